The number of carbonyl (C=O) groups excluding carboxylic acids is 1. The number of carbonyl (C=O) groups is 1. The highest BCUT2D eigenvalue weighted by atomic mass is 19.4. The Morgan fingerprint density at radius 1 is 1.37 bits per heavy atom. The number of halogens is 3. The first-order valence-electron chi connectivity index (χ1n) is 7.34. The van der Waals surface area contributed by atoms with Gasteiger partial charge in [0.1, 0.15) is 24.6 Å². The molecule has 0 N–H and O–H groups in total. The van der Waals surface area contributed by atoms with E-state index in [-0.39, 0.29) is 24.8 Å². The average molecular weight is 387 g/mol. The third kappa shape index (κ3) is 4.02. The Labute approximate surface area is 148 Å². The Morgan fingerprint density at radius 3 is 2.59 bits per heavy atom. The summed E-state index contributed by atoms with van der Waals surface area (Å²) in [6.45, 7) is -0.200. The minimum atomic E-state index is -4.88. The highest BCUT2D eigenvalue weighted by Crippen LogP contribution is 2.29. The van der Waals surface area contributed by atoms with E-state index in [9.17, 15) is 33.2 Å². The summed E-state index contributed by atoms with van der Waals surface area (Å²) in [5.41, 5.74) is 0.0242. The molecule has 27 heavy (non-hydrogen) atoms. The van der Waals surface area contributed by atoms with Crippen LogP contribution < -0.4 is 19.5 Å². The number of benzene rings is 1. The van der Waals surface area contributed by atoms with Crippen molar-refractivity contribution < 1.29 is 37.5 Å². The largest absolute Gasteiger partial charge is 0.573 e. The van der Waals surface area contributed by atoms with Gasteiger partial charge in [-0.1, -0.05) is 0 Å². The Morgan fingerprint density at radius 2 is 2.04 bits per heavy atom. The number of aromatic nitrogens is 2. The summed E-state index contributed by atoms with van der Waals surface area (Å²) >= 11 is 0. The summed E-state index contributed by atoms with van der Waals surface area (Å²) in [6, 6.07) is 3.26. The molecule has 0 saturated heterocycles. The van der Waals surface area contributed by atoms with Gasteiger partial charge in [-0.2, -0.15) is 0 Å². The summed E-state index contributed by atoms with van der Waals surface area (Å²) < 4.78 is 46.9. The fourth-order valence-corrected chi connectivity index (χ4v) is 2.60. The lowest BCUT2D eigenvalue weighted by Gasteiger charge is -2.35. The van der Waals surface area contributed by atoms with Crippen molar-refractivity contribution in [3.8, 4) is 11.8 Å². The maximum atomic E-state index is 12.2. The second kappa shape index (κ2) is 6.66. The van der Waals surface area contributed by atoms with Crippen LogP contribution in [0.1, 0.15) is 0 Å². The lowest BCUT2D eigenvalue weighted by atomic mass is 10.2. The van der Waals surface area contributed by atoms with Gasteiger partial charge in [0.05, 0.1) is 12.6 Å². The molecular weight excluding hydrogens is 377 g/mol. The second-order valence-electron chi connectivity index (χ2n) is 5.43. The van der Waals surface area contributed by atoms with Gasteiger partial charge in [-0.05, 0) is 29.2 Å². The first-order chi connectivity index (χ1) is 12.6. The van der Waals surface area contributed by atoms with Gasteiger partial charge in [0.15, 0.2) is 0 Å². The molecule has 0 bridgehead atoms. The van der Waals surface area contributed by atoms with Crippen molar-refractivity contribution in [2.24, 2.45) is 0 Å². The molecule has 0 unspecified atom stereocenters. The van der Waals surface area contributed by atoms with Crippen LogP contribution in [0, 0.1) is 10.1 Å². The van der Waals surface area contributed by atoms with E-state index in [1.807, 2.05) is 0 Å². The standard InChI is InChI=1S/C14H11F3N4O6/c15-14(16,17)27-10-3-1-8(2-4-10)20(13(22)23)9-5-19-6-11(21(24)25)18-12(19)26-7-9/h1-4,6,9H,5,7H2,(H,22,23)/p-1/t9-/m0/s1. The van der Waals surface area contributed by atoms with Crippen molar-refractivity contribution in [2.75, 3.05) is 11.5 Å². The van der Waals surface area contributed by atoms with E-state index in [0.717, 1.165) is 35.4 Å². The zero-order valence-electron chi connectivity index (χ0n) is 13.3. The minimum absolute atomic E-state index is 0.0229. The molecule has 2 aromatic rings. The zero-order chi connectivity index (χ0) is 19.8. The van der Waals surface area contributed by atoms with Crippen LogP contribution in [0.3, 0.4) is 0 Å². The predicted molar refractivity (Wildman–Crippen MR) is 79.2 cm³/mol. The van der Waals surface area contributed by atoms with E-state index in [1.54, 1.807) is 0 Å². The number of anilines is 1. The highest BCUT2D eigenvalue weighted by molar-refractivity contribution is 5.85. The Bertz CT molecular complexity index is 867. The van der Waals surface area contributed by atoms with Gasteiger partial charge in [0, 0.05) is 10.7 Å². The minimum Gasteiger partial charge on any atom is -0.530 e. The summed E-state index contributed by atoms with van der Waals surface area (Å²) in [5, 5.41) is 22.3. The van der Waals surface area contributed by atoms with Gasteiger partial charge in [-0.25, -0.2) is 0 Å². The lowest BCUT2D eigenvalue weighted by Crippen LogP contribution is -2.53. The van der Waals surface area contributed by atoms with Crippen LogP contribution in [0.4, 0.5) is 29.5 Å². The molecule has 1 atom stereocenters. The molecule has 1 aliphatic rings. The second-order valence-corrected chi connectivity index (χ2v) is 5.43. The molecular formula is C14H10F3N4O6-. The van der Waals surface area contributed by atoms with Crippen LogP contribution in [0.25, 0.3) is 0 Å². The van der Waals surface area contributed by atoms with Gasteiger partial charge in [-0.15, -0.1) is 13.2 Å². The summed E-state index contributed by atoms with van der Waals surface area (Å²) in [5.74, 6) is -0.976. The first kappa shape index (κ1) is 18.3. The summed E-state index contributed by atoms with van der Waals surface area (Å²) in [6.07, 6.45) is -5.40. The van der Waals surface area contributed by atoms with Crippen molar-refractivity contribution >= 4 is 17.6 Å². The van der Waals surface area contributed by atoms with E-state index in [4.69, 9.17) is 4.74 Å². The Kier molecular flexibility index (Phi) is 4.51. The summed E-state index contributed by atoms with van der Waals surface area (Å²) in [4.78, 5) is 26.0. The molecule has 10 nitrogen and oxygen atoms in total. The molecule has 0 radical (unpaired) electrons. The van der Waals surface area contributed by atoms with E-state index in [2.05, 4.69) is 9.72 Å². The fraction of sp³-hybridized carbons (Fsp3) is 0.286. The van der Waals surface area contributed by atoms with Crippen LogP contribution in [0.2, 0.25) is 0 Å². The number of imidazole rings is 1. The van der Waals surface area contributed by atoms with Gasteiger partial charge in [0.25, 0.3) is 0 Å². The quantitative estimate of drug-likeness (QED) is 0.572. The molecule has 1 aliphatic heterocycles. The number of ether oxygens (including phenoxy) is 2. The molecule has 3 rings (SSSR count). The number of hydrogen-bond acceptors (Lipinski definition) is 7. The Balaban J connectivity index is 1.81. The zero-order valence-corrected chi connectivity index (χ0v) is 13.3. The number of rotatable bonds is 4. The van der Waals surface area contributed by atoms with Crippen molar-refractivity contribution in [2.45, 2.75) is 18.9 Å². The topological polar surface area (TPSA) is 123 Å². The fourth-order valence-electron chi connectivity index (χ4n) is 2.60. The Hall–Kier alpha value is -3.51. The number of carboxylic acid groups (broad SMARTS) is 1. The molecule has 0 aliphatic carbocycles. The van der Waals surface area contributed by atoms with Gasteiger partial charge in [-0.3, -0.25) is 4.57 Å². The number of nitrogens with zero attached hydrogens (tertiary/aromatic N) is 4. The van der Waals surface area contributed by atoms with E-state index in [0.29, 0.717) is 0 Å². The third-order valence-corrected chi connectivity index (χ3v) is 3.64. The highest BCUT2D eigenvalue weighted by Gasteiger charge is 2.33. The van der Waals surface area contributed by atoms with E-state index >= 15 is 0 Å². The molecule has 2 heterocycles. The first-order valence-corrected chi connectivity index (χ1v) is 7.34. The maximum absolute atomic E-state index is 12.2. The van der Waals surface area contributed by atoms with Crippen LogP contribution in [-0.2, 0) is 6.54 Å². The van der Waals surface area contributed by atoms with Gasteiger partial charge in [0.2, 0.25) is 0 Å². The number of fused-ring (bicyclic) bond motifs is 1. The predicted octanol–water partition coefficient (Wildman–Crippen LogP) is 1.30. The van der Waals surface area contributed by atoms with Gasteiger partial charge < -0.3 is 34.4 Å². The average Bonchev–Trinajstić information content (AvgIpc) is 2.98. The van der Waals surface area contributed by atoms with Crippen molar-refractivity contribution in [1.29, 1.82) is 0 Å². The molecule has 0 spiro atoms. The van der Waals surface area contributed by atoms with Crippen LogP contribution >= 0.6 is 0 Å². The van der Waals surface area contributed by atoms with E-state index < -0.39 is 35.0 Å². The smallest absolute Gasteiger partial charge is 0.530 e. The number of hydrogen-bond donors (Lipinski definition) is 0. The number of nitro groups is 1. The normalized spacial score (nSPS) is 16.2. The van der Waals surface area contributed by atoms with Gasteiger partial charge >= 0.3 is 18.2 Å². The SMILES string of the molecule is O=C([O-])N(c1ccc(OC(F)(F)F)cc1)[C@@H]1COc2nc([N+](=O)[O-])cn2C1. The molecule has 0 fully saturated rings. The maximum Gasteiger partial charge on any atom is 0.573 e. The molecule has 1 aromatic heterocycles. The van der Waals surface area contributed by atoms with Crippen molar-refractivity contribution in [3.05, 3.63) is 40.6 Å². The lowest BCUT2D eigenvalue weighted by molar-refractivity contribution is -0.389. The molecule has 0 saturated carbocycles. The van der Waals surface area contributed by atoms with Crippen molar-refractivity contribution in [1.82, 2.24) is 9.55 Å². The van der Waals surface area contributed by atoms with E-state index in [1.165, 1.54) is 4.57 Å². The van der Waals surface area contributed by atoms with Crippen molar-refractivity contribution in [3.63, 3.8) is 0 Å². The number of amides is 1. The molecule has 1 aromatic carbocycles. The van der Waals surface area contributed by atoms with Crippen LogP contribution in [0.15, 0.2) is 30.5 Å². The molecule has 1 amide bonds. The monoisotopic (exact) mass is 387 g/mol. The molecule has 13 heteroatoms. The number of alkyl halides is 3. The molecule has 144 valence electrons. The third-order valence-electron chi connectivity index (χ3n) is 3.64. The van der Waals surface area contributed by atoms with Crippen LogP contribution in [-0.4, -0.2) is 39.6 Å². The van der Waals surface area contributed by atoms with Crippen LogP contribution in [0.5, 0.6) is 11.8 Å². The summed E-state index contributed by atoms with van der Waals surface area (Å²) in [7, 11) is 0.